The van der Waals surface area contributed by atoms with Crippen LogP contribution in [0.3, 0.4) is 0 Å². The van der Waals surface area contributed by atoms with Crippen LogP contribution < -0.4 is 5.32 Å². The molecular weight excluding hydrogens is 271 g/mol. The highest BCUT2D eigenvalue weighted by Gasteiger charge is 2.28. The van der Waals surface area contributed by atoms with E-state index >= 15 is 0 Å². The van der Waals surface area contributed by atoms with Crippen molar-refractivity contribution in [1.29, 1.82) is 0 Å². The number of hydrogen-bond donors (Lipinski definition) is 2. The van der Waals surface area contributed by atoms with Gasteiger partial charge in [-0.15, -0.1) is 5.10 Å². The van der Waals surface area contributed by atoms with E-state index in [0.29, 0.717) is 17.0 Å². The van der Waals surface area contributed by atoms with Crippen LogP contribution in [0, 0.1) is 12.7 Å². The minimum absolute atomic E-state index is 0.135. The quantitative estimate of drug-likeness (QED) is 0.908. The highest BCUT2D eigenvalue weighted by Crippen LogP contribution is 2.37. The molecule has 5 nitrogen and oxygen atoms in total. The van der Waals surface area contributed by atoms with Gasteiger partial charge in [0, 0.05) is 5.92 Å². The van der Waals surface area contributed by atoms with Crippen molar-refractivity contribution in [1.82, 2.24) is 20.5 Å². The van der Waals surface area contributed by atoms with Gasteiger partial charge < -0.3 is 5.32 Å². The number of carbonyl (C=O) groups excluding carboxylic acids is 1. The molecule has 0 bridgehead atoms. The zero-order chi connectivity index (χ0) is 15.0. The van der Waals surface area contributed by atoms with Crippen LogP contribution in [-0.2, 0) is 0 Å². The topological polar surface area (TPSA) is 70.7 Å². The third-order valence-electron chi connectivity index (χ3n) is 3.71. The van der Waals surface area contributed by atoms with Crippen LogP contribution in [0.5, 0.6) is 0 Å². The first-order valence-corrected chi connectivity index (χ1v) is 7.04. The molecule has 1 aliphatic rings. The molecule has 0 aliphatic heterocycles. The highest BCUT2D eigenvalue weighted by molar-refractivity contribution is 5.90. The summed E-state index contributed by atoms with van der Waals surface area (Å²) in [4.78, 5) is 16.3. The van der Waals surface area contributed by atoms with E-state index in [2.05, 4.69) is 20.5 Å². The molecule has 21 heavy (non-hydrogen) atoms. The Morgan fingerprint density at radius 3 is 2.90 bits per heavy atom. The van der Waals surface area contributed by atoms with Crippen LogP contribution in [0.4, 0.5) is 4.39 Å². The molecule has 2 N–H and O–H groups in total. The molecule has 110 valence electrons. The lowest BCUT2D eigenvalue weighted by Crippen LogP contribution is -2.27. The third kappa shape index (κ3) is 2.94. The number of carbonyl (C=O) groups is 1. The van der Waals surface area contributed by atoms with Gasteiger partial charge in [-0.25, -0.2) is 9.37 Å². The standard InChI is InChI=1S/C15H17FN4O/c1-8-3-4-11(7-12(8)16)9(2)17-15(21)14-18-13(19-20-14)10-5-6-10/h3-4,7,9-10H,5-6H2,1-2H3,(H,17,21)(H,18,19,20). The molecule has 3 rings (SSSR count). The number of amides is 1. The van der Waals surface area contributed by atoms with Gasteiger partial charge >= 0.3 is 0 Å². The number of rotatable bonds is 4. The fraction of sp³-hybridized carbons (Fsp3) is 0.400. The number of aryl methyl sites for hydroxylation is 1. The maximum absolute atomic E-state index is 13.6. The molecular formula is C15H17FN4O. The number of halogens is 1. The van der Waals surface area contributed by atoms with E-state index in [1.54, 1.807) is 26.0 Å². The van der Waals surface area contributed by atoms with Crippen LogP contribution in [0.15, 0.2) is 18.2 Å². The lowest BCUT2D eigenvalue weighted by Gasteiger charge is -2.13. The lowest BCUT2D eigenvalue weighted by molar-refractivity contribution is 0.0929. The van der Waals surface area contributed by atoms with Crippen LogP contribution in [0.1, 0.15) is 59.3 Å². The Morgan fingerprint density at radius 1 is 1.48 bits per heavy atom. The Balaban J connectivity index is 1.69. The Morgan fingerprint density at radius 2 is 2.24 bits per heavy atom. The summed E-state index contributed by atoms with van der Waals surface area (Å²) < 4.78 is 13.6. The zero-order valence-corrected chi connectivity index (χ0v) is 12.0. The van der Waals surface area contributed by atoms with Crippen LogP contribution in [0.25, 0.3) is 0 Å². The predicted octanol–water partition coefficient (Wildman–Crippen LogP) is 2.62. The van der Waals surface area contributed by atoms with E-state index in [4.69, 9.17) is 0 Å². The first kappa shape index (κ1) is 13.7. The fourth-order valence-corrected chi connectivity index (χ4v) is 2.14. The summed E-state index contributed by atoms with van der Waals surface area (Å²) in [5.74, 6) is 0.697. The Hall–Kier alpha value is -2.24. The molecule has 2 aromatic rings. The largest absolute Gasteiger partial charge is 0.343 e. The SMILES string of the molecule is Cc1ccc(C(C)NC(=O)c2n[nH]c(C3CC3)n2)cc1F. The van der Waals surface area contributed by atoms with Crippen molar-refractivity contribution in [2.75, 3.05) is 0 Å². The summed E-state index contributed by atoms with van der Waals surface area (Å²) in [6, 6.07) is 4.63. The molecule has 1 saturated carbocycles. The molecule has 0 saturated heterocycles. The second-order valence-electron chi connectivity index (χ2n) is 5.52. The van der Waals surface area contributed by atoms with Gasteiger partial charge in [-0.1, -0.05) is 12.1 Å². The summed E-state index contributed by atoms with van der Waals surface area (Å²) in [6.45, 7) is 3.51. The van der Waals surface area contributed by atoms with E-state index in [9.17, 15) is 9.18 Å². The molecule has 0 spiro atoms. The van der Waals surface area contributed by atoms with Crippen LogP contribution in [0.2, 0.25) is 0 Å². The monoisotopic (exact) mass is 288 g/mol. The predicted molar refractivity (Wildman–Crippen MR) is 75.4 cm³/mol. The average Bonchev–Trinajstić information content (AvgIpc) is 3.19. The Bertz CT molecular complexity index is 678. The van der Waals surface area contributed by atoms with Gasteiger partial charge in [-0.3, -0.25) is 9.89 Å². The molecule has 1 aromatic carbocycles. The Kier molecular flexibility index (Phi) is 3.45. The molecule has 0 radical (unpaired) electrons. The molecule has 6 heteroatoms. The molecule has 1 atom stereocenters. The minimum Gasteiger partial charge on any atom is -0.343 e. The summed E-state index contributed by atoms with van der Waals surface area (Å²) in [6.07, 6.45) is 2.19. The van der Waals surface area contributed by atoms with Crippen molar-refractivity contribution in [3.8, 4) is 0 Å². The van der Waals surface area contributed by atoms with Crippen molar-refractivity contribution in [3.63, 3.8) is 0 Å². The number of aromatic amines is 1. The number of nitrogens with one attached hydrogen (secondary N) is 2. The van der Waals surface area contributed by atoms with Crippen molar-refractivity contribution < 1.29 is 9.18 Å². The first-order valence-electron chi connectivity index (χ1n) is 7.04. The first-order chi connectivity index (χ1) is 10.0. The molecule has 1 aliphatic carbocycles. The van der Waals surface area contributed by atoms with Crippen molar-refractivity contribution >= 4 is 5.91 Å². The van der Waals surface area contributed by atoms with Gasteiger partial charge in [0.1, 0.15) is 11.6 Å². The number of aromatic nitrogens is 3. The second-order valence-corrected chi connectivity index (χ2v) is 5.52. The molecule has 1 amide bonds. The minimum atomic E-state index is -0.355. The van der Waals surface area contributed by atoms with Gasteiger partial charge in [0.05, 0.1) is 6.04 Å². The van der Waals surface area contributed by atoms with E-state index in [-0.39, 0.29) is 23.6 Å². The third-order valence-corrected chi connectivity index (χ3v) is 3.71. The van der Waals surface area contributed by atoms with Gasteiger partial charge in [0.2, 0.25) is 5.82 Å². The fourth-order valence-electron chi connectivity index (χ4n) is 2.14. The van der Waals surface area contributed by atoms with Crippen LogP contribution >= 0.6 is 0 Å². The number of H-pyrrole nitrogens is 1. The smallest absolute Gasteiger partial charge is 0.291 e. The maximum Gasteiger partial charge on any atom is 0.291 e. The average molecular weight is 288 g/mol. The van der Waals surface area contributed by atoms with E-state index in [1.807, 2.05) is 0 Å². The summed E-state index contributed by atoms with van der Waals surface area (Å²) in [5.41, 5.74) is 1.30. The Labute approximate surface area is 122 Å². The van der Waals surface area contributed by atoms with Gasteiger partial charge in [-0.05, 0) is 43.9 Å². The van der Waals surface area contributed by atoms with Crippen molar-refractivity contribution in [2.24, 2.45) is 0 Å². The normalized spacial score (nSPS) is 15.8. The van der Waals surface area contributed by atoms with E-state index in [1.165, 1.54) is 6.07 Å². The van der Waals surface area contributed by atoms with Crippen molar-refractivity contribution in [2.45, 2.75) is 38.6 Å². The van der Waals surface area contributed by atoms with Crippen LogP contribution in [-0.4, -0.2) is 21.1 Å². The lowest BCUT2D eigenvalue weighted by atomic mass is 10.1. The summed E-state index contributed by atoms with van der Waals surface area (Å²) in [5, 5.41) is 9.51. The van der Waals surface area contributed by atoms with Crippen molar-refractivity contribution in [3.05, 3.63) is 46.8 Å². The van der Waals surface area contributed by atoms with Gasteiger partial charge in [0.25, 0.3) is 5.91 Å². The molecule has 1 heterocycles. The second kappa shape index (κ2) is 5.27. The van der Waals surface area contributed by atoms with E-state index in [0.717, 1.165) is 18.7 Å². The number of benzene rings is 1. The maximum atomic E-state index is 13.6. The zero-order valence-electron chi connectivity index (χ0n) is 12.0. The molecule has 1 aromatic heterocycles. The molecule has 1 unspecified atom stereocenters. The van der Waals surface area contributed by atoms with E-state index < -0.39 is 0 Å². The van der Waals surface area contributed by atoms with Gasteiger partial charge in [-0.2, -0.15) is 0 Å². The number of nitrogens with zero attached hydrogens (tertiary/aromatic N) is 2. The molecule has 1 fully saturated rings. The van der Waals surface area contributed by atoms with Gasteiger partial charge in [0.15, 0.2) is 0 Å². The summed E-state index contributed by atoms with van der Waals surface area (Å²) >= 11 is 0. The number of hydrogen-bond acceptors (Lipinski definition) is 3. The summed E-state index contributed by atoms with van der Waals surface area (Å²) in [7, 11) is 0. The highest BCUT2D eigenvalue weighted by atomic mass is 19.1.